The summed E-state index contributed by atoms with van der Waals surface area (Å²) in [4.78, 5) is 10.4. The van der Waals surface area contributed by atoms with Crippen molar-refractivity contribution in [1.29, 1.82) is 0 Å². The van der Waals surface area contributed by atoms with Crippen LogP contribution in [0.25, 0.3) is 0 Å². The highest BCUT2D eigenvalue weighted by Gasteiger charge is 2.16. The first-order valence-electron chi connectivity index (χ1n) is 4.22. The zero-order valence-electron chi connectivity index (χ0n) is 8.11. The molecule has 0 aromatic rings. The first-order chi connectivity index (χ1) is 5.48. The number of hydrogen-bond acceptors (Lipinski definition) is 2. The van der Waals surface area contributed by atoms with Gasteiger partial charge < -0.3 is 16.4 Å². The van der Waals surface area contributed by atoms with Gasteiger partial charge >= 0.3 is 6.03 Å². The monoisotopic (exact) mass is 173 g/mol. The molecule has 4 nitrogen and oxygen atoms in total. The first-order valence-corrected chi connectivity index (χ1v) is 4.22. The minimum absolute atomic E-state index is 0.0606. The predicted octanol–water partition coefficient (Wildman–Crippen LogP) is 0.290. The molecule has 72 valence electrons. The largest absolute Gasteiger partial charge is 0.352 e. The number of carbonyl (C=O) groups excluding carboxylic acids is 1. The molecule has 0 aromatic carbocycles. The van der Waals surface area contributed by atoms with Gasteiger partial charge in [-0.3, -0.25) is 0 Å². The number of carbonyl (C=O) groups is 1. The summed E-state index contributed by atoms with van der Waals surface area (Å²) >= 11 is 0. The Kier molecular flexibility index (Phi) is 4.66. The van der Waals surface area contributed by atoms with Gasteiger partial charge in [0.2, 0.25) is 0 Å². The third-order valence-electron chi connectivity index (χ3n) is 1.59. The lowest BCUT2D eigenvalue weighted by Gasteiger charge is -2.24. The lowest BCUT2D eigenvalue weighted by atomic mass is 9.93. The number of nitrogens with two attached hydrogens (primary N) is 1. The Morgan fingerprint density at radius 3 is 2.42 bits per heavy atom. The molecule has 0 aliphatic rings. The van der Waals surface area contributed by atoms with E-state index in [1.54, 1.807) is 0 Å². The molecular weight excluding hydrogens is 154 g/mol. The van der Waals surface area contributed by atoms with Gasteiger partial charge in [0, 0.05) is 13.1 Å². The second-order valence-corrected chi connectivity index (χ2v) is 3.66. The van der Waals surface area contributed by atoms with Crippen LogP contribution in [0.1, 0.15) is 20.8 Å². The van der Waals surface area contributed by atoms with E-state index >= 15 is 0 Å². The average molecular weight is 173 g/mol. The number of nitrogens with one attached hydrogen (secondary N) is 2. The van der Waals surface area contributed by atoms with Crippen LogP contribution in [0.15, 0.2) is 0 Å². The molecule has 0 heterocycles. The third kappa shape index (κ3) is 5.97. The zero-order valence-corrected chi connectivity index (χ0v) is 8.11. The average Bonchev–Trinajstić information content (AvgIpc) is 1.98. The Bertz CT molecular complexity index is 145. The van der Waals surface area contributed by atoms with Gasteiger partial charge in [0.15, 0.2) is 0 Å². The van der Waals surface area contributed by atoms with Crippen molar-refractivity contribution in [3.8, 4) is 0 Å². The third-order valence-corrected chi connectivity index (χ3v) is 1.59. The van der Waals surface area contributed by atoms with Crippen molar-refractivity contribution in [2.75, 3.05) is 19.6 Å². The molecule has 0 aliphatic carbocycles. The topological polar surface area (TPSA) is 67.2 Å². The maximum Gasteiger partial charge on any atom is 0.312 e. The molecule has 4 N–H and O–H groups in total. The highest BCUT2D eigenvalue weighted by Crippen LogP contribution is 2.10. The molecule has 4 heteroatoms. The highest BCUT2D eigenvalue weighted by atomic mass is 16.2. The van der Waals surface area contributed by atoms with Crippen molar-refractivity contribution >= 4 is 6.03 Å². The second-order valence-electron chi connectivity index (χ2n) is 3.66. The van der Waals surface area contributed by atoms with Gasteiger partial charge in [0.25, 0.3) is 0 Å². The maximum atomic E-state index is 10.4. The number of primary amides is 1. The van der Waals surface area contributed by atoms with Gasteiger partial charge in [0.05, 0.1) is 0 Å². The lowest BCUT2D eigenvalue weighted by Crippen LogP contribution is -2.42. The Balaban J connectivity index is 3.63. The molecule has 0 unspecified atom stereocenters. The molecule has 0 saturated heterocycles. The van der Waals surface area contributed by atoms with Crippen LogP contribution in [0.5, 0.6) is 0 Å². The van der Waals surface area contributed by atoms with Gasteiger partial charge in [-0.15, -0.1) is 0 Å². The van der Waals surface area contributed by atoms with Gasteiger partial charge in [-0.05, 0) is 12.0 Å². The van der Waals surface area contributed by atoms with Crippen molar-refractivity contribution in [1.82, 2.24) is 10.6 Å². The summed E-state index contributed by atoms with van der Waals surface area (Å²) in [6.07, 6.45) is 0. The summed E-state index contributed by atoms with van der Waals surface area (Å²) in [6.45, 7) is 8.63. The molecule has 12 heavy (non-hydrogen) atoms. The molecule has 0 spiro atoms. The van der Waals surface area contributed by atoms with E-state index in [1.165, 1.54) is 0 Å². The molecule has 2 amide bonds. The molecule has 0 aromatic heterocycles. The van der Waals surface area contributed by atoms with E-state index in [1.807, 2.05) is 0 Å². The minimum atomic E-state index is -0.459. The number of rotatable bonds is 5. The van der Waals surface area contributed by atoms with E-state index in [0.29, 0.717) is 6.54 Å². The van der Waals surface area contributed by atoms with Crippen LogP contribution in [0.2, 0.25) is 0 Å². The van der Waals surface area contributed by atoms with Gasteiger partial charge in [-0.1, -0.05) is 20.8 Å². The molecule has 0 aliphatic heterocycles. The van der Waals surface area contributed by atoms with Gasteiger partial charge in [0.1, 0.15) is 0 Å². The fourth-order valence-electron chi connectivity index (χ4n) is 0.852. The van der Waals surface area contributed by atoms with Crippen LogP contribution in [-0.4, -0.2) is 25.7 Å². The van der Waals surface area contributed by atoms with E-state index in [-0.39, 0.29) is 5.41 Å². The van der Waals surface area contributed by atoms with Crippen LogP contribution in [-0.2, 0) is 0 Å². The van der Waals surface area contributed by atoms with Gasteiger partial charge in [-0.25, -0.2) is 4.79 Å². The van der Waals surface area contributed by atoms with Crippen LogP contribution < -0.4 is 16.4 Å². The van der Waals surface area contributed by atoms with E-state index in [9.17, 15) is 4.79 Å². The summed E-state index contributed by atoms with van der Waals surface area (Å²) in [7, 11) is 0. The second kappa shape index (κ2) is 4.98. The van der Waals surface area contributed by atoms with Crippen molar-refractivity contribution < 1.29 is 4.79 Å². The van der Waals surface area contributed by atoms with Crippen molar-refractivity contribution in [3.05, 3.63) is 0 Å². The Hall–Kier alpha value is -0.770. The van der Waals surface area contributed by atoms with E-state index in [4.69, 9.17) is 5.73 Å². The molecule has 0 rings (SSSR count). The minimum Gasteiger partial charge on any atom is -0.352 e. The van der Waals surface area contributed by atoms with Crippen LogP contribution >= 0.6 is 0 Å². The van der Waals surface area contributed by atoms with Crippen LogP contribution in [0, 0.1) is 5.41 Å². The maximum absolute atomic E-state index is 10.4. The fourth-order valence-corrected chi connectivity index (χ4v) is 0.852. The normalized spacial score (nSPS) is 11.2. The summed E-state index contributed by atoms with van der Waals surface area (Å²) in [5.41, 5.74) is 5.02. The first kappa shape index (κ1) is 11.2. The summed E-state index contributed by atoms with van der Waals surface area (Å²) in [5, 5.41) is 5.81. The number of urea groups is 1. The molecular formula is C8H19N3O. The predicted molar refractivity (Wildman–Crippen MR) is 49.9 cm³/mol. The SMILES string of the molecule is CCNCC(C)(C)CNC(N)=O. The van der Waals surface area contributed by atoms with E-state index < -0.39 is 6.03 Å². The lowest BCUT2D eigenvalue weighted by molar-refractivity contribution is 0.241. The van der Waals surface area contributed by atoms with Crippen LogP contribution in [0.3, 0.4) is 0 Å². The Morgan fingerprint density at radius 1 is 1.42 bits per heavy atom. The Morgan fingerprint density at radius 2 is 2.00 bits per heavy atom. The van der Waals surface area contributed by atoms with E-state index in [0.717, 1.165) is 13.1 Å². The Labute approximate surface area is 73.9 Å². The molecule has 0 fully saturated rings. The van der Waals surface area contributed by atoms with Crippen molar-refractivity contribution in [3.63, 3.8) is 0 Å². The summed E-state index contributed by atoms with van der Waals surface area (Å²) < 4.78 is 0. The van der Waals surface area contributed by atoms with Crippen molar-refractivity contribution in [2.24, 2.45) is 11.1 Å². The molecule has 0 atom stereocenters. The highest BCUT2D eigenvalue weighted by molar-refractivity contribution is 5.71. The quantitative estimate of drug-likeness (QED) is 0.559. The van der Waals surface area contributed by atoms with Gasteiger partial charge in [-0.2, -0.15) is 0 Å². The van der Waals surface area contributed by atoms with Crippen LogP contribution in [0.4, 0.5) is 4.79 Å². The summed E-state index contributed by atoms with van der Waals surface area (Å²) in [5.74, 6) is 0. The number of amides is 2. The molecule has 0 bridgehead atoms. The standard InChI is InChI=1S/C8H19N3O/c1-4-10-5-8(2,3)6-11-7(9)12/h10H,4-6H2,1-3H3,(H3,9,11,12). The van der Waals surface area contributed by atoms with Crippen molar-refractivity contribution in [2.45, 2.75) is 20.8 Å². The fraction of sp³-hybridized carbons (Fsp3) is 0.875. The van der Waals surface area contributed by atoms with E-state index in [2.05, 4.69) is 31.4 Å². The molecule has 0 radical (unpaired) electrons. The smallest absolute Gasteiger partial charge is 0.312 e. The summed E-state index contributed by atoms with van der Waals surface area (Å²) in [6, 6.07) is -0.459. The zero-order chi connectivity index (χ0) is 9.61. The molecule has 0 saturated carbocycles. The number of hydrogen-bond donors (Lipinski definition) is 3.